The van der Waals surface area contributed by atoms with Crippen molar-refractivity contribution in [1.29, 1.82) is 0 Å². The fourth-order valence-electron chi connectivity index (χ4n) is 3.37. The monoisotopic (exact) mass is 287 g/mol. The van der Waals surface area contributed by atoms with E-state index in [2.05, 4.69) is 36.5 Å². The summed E-state index contributed by atoms with van der Waals surface area (Å²) in [5.41, 5.74) is 2.69. The topological polar surface area (TPSA) is 21.3 Å². The molecule has 0 saturated heterocycles. The summed E-state index contributed by atoms with van der Waals surface area (Å²) in [5, 5.41) is 3.56. The van der Waals surface area contributed by atoms with Crippen LogP contribution in [0.1, 0.15) is 63.0 Å². The van der Waals surface area contributed by atoms with Crippen molar-refractivity contribution in [3.05, 3.63) is 35.4 Å². The number of rotatable bonds is 7. The van der Waals surface area contributed by atoms with Crippen molar-refractivity contribution in [1.82, 2.24) is 5.32 Å². The van der Waals surface area contributed by atoms with Gasteiger partial charge in [-0.05, 0) is 42.7 Å². The van der Waals surface area contributed by atoms with E-state index in [0.717, 1.165) is 25.1 Å². The second-order valence-corrected chi connectivity index (χ2v) is 6.77. The first-order chi connectivity index (χ1) is 10.3. The minimum absolute atomic E-state index is 0.486. The number of hydrogen-bond acceptors (Lipinski definition) is 2. The van der Waals surface area contributed by atoms with Crippen molar-refractivity contribution < 1.29 is 4.74 Å². The molecule has 2 heteroatoms. The zero-order valence-electron chi connectivity index (χ0n) is 13.3. The number of nitrogens with one attached hydrogen (secondary N) is 1. The Bertz CT molecular complexity index is 424. The van der Waals surface area contributed by atoms with Gasteiger partial charge in [0.2, 0.25) is 0 Å². The minimum Gasteiger partial charge on any atom is -0.373 e. The smallest absolute Gasteiger partial charge is 0.0720 e. The standard InChI is InChI=1S/C19H29NO/c1-2-17-5-3-4-6-19(17)21-14-16-9-7-15(8-10-16)13-20-18-11-12-18/h7-10,17-20H,2-6,11-14H2,1H3. The molecule has 0 heterocycles. The normalized spacial score (nSPS) is 26.0. The van der Waals surface area contributed by atoms with E-state index in [1.165, 1.54) is 56.1 Å². The molecule has 2 saturated carbocycles. The third kappa shape index (κ3) is 4.55. The van der Waals surface area contributed by atoms with E-state index in [1.54, 1.807) is 0 Å². The summed E-state index contributed by atoms with van der Waals surface area (Å²) in [4.78, 5) is 0. The predicted octanol–water partition coefficient (Wildman–Crippen LogP) is 4.42. The van der Waals surface area contributed by atoms with Crippen LogP contribution < -0.4 is 5.32 Å². The third-order valence-electron chi connectivity index (χ3n) is 5.02. The summed E-state index contributed by atoms with van der Waals surface area (Å²) in [5.74, 6) is 0.778. The van der Waals surface area contributed by atoms with Gasteiger partial charge < -0.3 is 10.1 Å². The largest absolute Gasteiger partial charge is 0.373 e. The maximum atomic E-state index is 6.20. The van der Waals surface area contributed by atoms with Crippen LogP contribution in [-0.2, 0) is 17.9 Å². The van der Waals surface area contributed by atoms with Crippen LogP contribution in [0.15, 0.2) is 24.3 Å². The Balaban J connectivity index is 1.45. The first-order valence-corrected chi connectivity index (χ1v) is 8.78. The lowest BCUT2D eigenvalue weighted by atomic mass is 9.85. The molecule has 0 aromatic heterocycles. The quantitative estimate of drug-likeness (QED) is 0.801. The van der Waals surface area contributed by atoms with Crippen molar-refractivity contribution >= 4 is 0 Å². The lowest BCUT2D eigenvalue weighted by Gasteiger charge is -2.30. The fourth-order valence-corrected chi connectivity index (χ4v) is 3.37. The van der Waals surface area contributed by atoms with Crippen LogP contribution in [0.2, 0.25) is 0 Å². The van der Waals surface area contributed by atoms with Crippen molar-refractivity contribution in [3.63, 3.8) is 0 Å². The van der Waals surface area contributed by atoms with Crippen molar-refractivity contribution in [2.24, 2.45) is 5.92 Å². The van der Waals surface area contributed by atoms with Crippen LogP contribution in [0.3, 0.4) is 0 Å². The van der Waals surface area contributed by atoms with E-state index >= 15 is 0 Å². The molecule has 0 radical (unpaired) electrons. The Morgan fingerprint density at radius 3 is 2.43 bits per heavy atom. The zero-order valence-corrected chi connectivity index (χ0v) is 13.3. The fraction of sp³-hybridized carbons (Fsp3) is 0.684. The summed E-state index contributed by atoms with van der Waals surface area (Å²) in [6, 6.07) is 9.73. The lowest BCUT2D eigenvalue weighted by Crippen LogP contribution is -2.27. The highest BCUT2D eigenvalue weighted by Crippen LogP contribution is 2.29. The van der Waals surface area contributed by atoms with Gasteiger partial charge in [0.05, 0.1) is 12.7 Å². The van der Waals surface area contributed by atoms with E-state index in [0.29, 0.717) is 6.10 Å². The summed E-state index contributed by atoms with van der Waals surface area (Å²) in [6.07, 6.45) is 9.79. The molecule has 1 N–H and O–H groups in total. The molecule has 1 aromatic rings. The molecule has 2 unspecified atom stereocenters. The van der Waals surface area contributed by atoms with Crippen molar-refractivity contribution in [3.8, 4) is 0 Å². The van der Waals surface area contributed by atoms with E-state index in [9.17, 15) is 0 Å². The Kier molecular flexibility index (Phi) is 5.32. The second-order valence-electron chi connectivity index (χ2n) is 6.77. The molecular formula is C19H29NO. The zero-order chi connectivity index (χ0) is 14.5. The maximum absolute atomic E-state index is 6.20. The highest BCUT2D eigenvalue weighted by molar-refractivity contribution is 5.22. The molecule has 2 fully saturated rings. The van der Waals surface area contributed by atoms with E-state index < -0.39 is 0 Å². The Morgan fingerprint density at radius 1 is 1.00 bits per heavy atom. The van der Waals surface area contributed by atoms with Gasteiger partial charge in [-0.3, -0.25) is 0 Å². The van der Waals surface area contributed by atoms with Crippen LogP contribution in [0, 0.1) is 5.92 Å². The van der Waals surface area contributed by atoms with Crippen molar-refractivity contribution in [2.45, 2.75) is 77.2 Å². The molecule has 3 rings (SSSR count). The molecule has 0 amide bonds. The van der Waals surface area contributed by atoms with Crippen LogP contribution in [0.4, 0.5) is 0 Å². The molecule has 2 aliphatic carbocycles. The molecule has 2 atom stereocenters. The van der Waals surface area contributed by atoms with Crippen LogP contribution >= 0.6 is 0 Å². The first kappa shape index (κ1) is 15.1. The maximum Gasteiger partial charge on any atom is 0.0720 e. The second kappa shape index (κ2) is 7.42. The number of benzene rings is 1. The molecule has 0 spiro atoms. The molecule has 21 heavy (non-hydrogen) atoms. The Morgan fingerprint density at radius 2 is 1.71 bits per heavy atom. The van der Waals surface area contributed by atoms with Gasteiger partial charge in [-0.1, -0.05) is 50.5 Å². The highest BCUT2D eigenvalue weighted by Gasteiger charge is 2.24. The summed E-state index contributed by atoms with van der Waals surface area (Å²) in [7, 11) is 0. The molecule has 2 aliphatic rings. The number of hydrogen-bond donors (Lipinski definition) is 1. The summed E-state index contributed by atoms with van der Waals surface area (Å²) >= 11 is 0. The Hall–Kier alpha value is -0.860. The van der Waals surface area contributed by atoms with E-state index in [-0.39, 0.29) is 0 Å². The van der Waals surface area contributed by atoms with Gasteiger partial charge in [0, 0.05) is 12.6 Å². The molecule has 1 aromatic carbocycles. The van der Waals surface area contributed by atoms with Gasteiger partial charge in [-0.2, -0.15) is 0 Å². The summed E-state index contributed by atoms with van der Waals surface area (Å²) in [6.45, 7) is 4.08. The molecule has 2 nitrogen and oxygen atoms in total. The van der Waals surface area contributed by atoms with Gasteiger partial charge >= 0.3 is 0 Å². The average molecular weight is 287 g/mol. The molecule has 0 aliphatic heterocycles. The predicted molar refractivity (Wildman–Crippen MR) is 87.1 cm³/mol. The van der Waals surface area contributed by atoms with Gasteiger partial charge in [0.15, 0.2) is 0 Å². The third-order valence-corrected chi connectivity index (χ3v) is 5.02. The van der Waals surface area contributed by atoms with Crippen molar-refractivity contribution in [2.75, 3.05) is 0 Å². The molecule has 0 bridgehead atoms. The average Bonchev–Trinajstić information content (AvgIpc) is 3.36. The summed E-state index contributed by atoms with van der Waals surface area (Å²) < 4.78 is 6.20. The van der Waals surface area contributed by atoms with Crippen LogP contribution in [-0.4, -0.2) is 12.1 Å². The number of ether oxygens (including phenoxy) is 1. The van der Waals surface area contributed by atoms with E-state index in [1.807, 2.05) is 0 Å². The first-order valence-electron chi connectivity index (χ1n) is 8.78. The van der Waals surface area contributed by atoms with Crippen LogP contribution in [0.25, 0.3) is 0 Å². The van der Waals surface area contributed by atoms with Gasteiger partial charge in [0.1, 0.15) is 0 Å². The lowest BCUT2D eigenvalue weighted by molar-refractivity contribution is -0.0221. The van der Waals surface area contributed by atoms with E-state index in [4.69, 9.17) is 4.74 Å². The van der Waals surface area contributed by atoms with Gasteiger partial charge in [0.25, 0.3) is 0 Å². The highest BCUT2D eigenvalue weighted by atomic mass is 16.5. The van der Waals surface area contributed by atoms with Gasteiger partial charge in [-0.15, -0.1) is 0 Å². The Labute approximate surface area is 129 Å². The van der Waals surface area contributed by atoms with Gasteiger partial charge in [-0.25, -0.2) is 0 Å². The van der Waals surface area contributed by atoms with Crippen LogP contribution in [0.5, 0.6) is 0 Å². The minimum atomic E-state index is 0.486. The molecular weight excluding hydrogens is 258 g/mol. The SMILES string of the molecule is CCC1CCCCC1OCc1ccc(CNC2CC2)cc1. The molecule has 116 valence electrons.